The van der Waals surface area contributed by atoms with E-state index in [4.69, 9.17) is 5.73 Å². The van der Waals surface area contributed by atoms with E-state index in [-0.39, 0.29) is 5.54 Å². The Bertz CT molecular complexity index is 367. The van der Waals surface area contributed by atoms with Crippen molar-refractivity contribution in [3.05, 3.63) is 29.3 Å². The molecular formula is C14H21NS. The highest BCUT2D eigenvalue weighted by Crippen LogP contribution is 2.36. The summed E-state index contributed by atoms with van der Waals surface area (Å²) in [6.07, 6.45) is 8.32. The van der Waals surface area contributed by atoms with Crippen LogP contribution in [0, 0.1) is 6.92 Å². The largest absolute Gasteiger partial charge is 0.321 e. The lowest BCUT2D eigenvalue weighted by molar-refractivity contribution is 0.302. The van der Waals surface area contributed by atoms with Crippen molar-refractivity contribution in [2.24, 2.45) is 5.73 Å². The van der Waals surface area contributed by atoms with Crippen molar-refractivity contribution < 1.29 is 0 Å². The van der Waals surface area contributed by atoms with Gasteiger partial charge in [0.2, 0.25) is 0 Å². The van der Waals surface area contributed by atoms with Crippen molar-refractivity contribution in [1.82, 2.24) is 0 Å². The molecule has 0 atom stereocenters. The number of hydrogen-bond donors (Lipinski definition) is 1. The molecule has 0 unspecified atom stereocenters. The number of rotatable bonds is 2. The minimum absolute atomic E-state index is 0.0591. The Morgan fingerprint density at radius 2 is 1.88 bits per heavy atom. The van der Waals surface area contributed by atoms with Crippen LogP contribution in [0.3, 0.4) is 0 Å². The number of thioether (sulfide) groups is 1. The Hall–Kier alpha value is -0.470. The summed E-state index contributed by atoms with van der Waals surface area (Å²) in [6, 6.07) is 6.73. The topological polar surface area (TPSA) is 26.0 Å². The second-order valence-corrected chi connectivity index (χ2v) is 5.75. The normalized spacial score (nSPS) is 19.7. The molecule has 0 spiro atoms. The molecule has 2 rings (SSSR count). The molecule has 0 heterocycles. The van der Waals surface area contributed by atoms with Gasteiger partial charge in [-0.2, -0.15) is 0 Å². The van der Waals surface area contributed by atoms with Gasteiger partial charge in [0.25, 0.3) is 0 Å². The van der Waals surface area contributed by atoms with E-state index < -0.39 is 0 Å². The summed E-state index contributed by atoms with van der Waals surface area (Å²) in [6.45, 7) is 2.17. The maximum atomic E-state index is 6.54. The van der Waals surface area contributed by atoms with Gasteiger partial charge in [-0.15, -0.1) is 11.8 Å². The fourth-order valence-corrected chi connectivity index (χ4v) is 3.24. The fraction of sp³-hybridized carbons (Fsp3) is 0.571. The first kappa shape index (κ1) is 12.0. The van der Waals surface area contributed by atoms with E-state index in [0.29, 0.717) is 0 Å². The van der Waals surface area contributed by atoms with E-state index >= 15 is 0 Å². The third kappa shape index (κ3) is 2.28. The molecule has 1 nitrogen and oxygen atoms in total. The predicted molar refractivity (Wildman–Crippen MR) is 71.9 cm³/mol. The number of hydrogen-bond acceptors (Lipinski definition) is 2. The Morgan fingerprint density at radius 3 is 2.50 bits per heavy atom. The van der Waals surface area contributed by atoms with Crippen molar-refractivity contribution in [1.29, 1.82) is 0 Å². The van der Waals surface area contributed by atoms with Gasteiger partial charge in [-0.1, -0.05) is 31.4 Å². The third-order valence-electron chi connectivity index (χ3n) is 3.73. The Balaban J connectivity index is 2.32. The molecule has 2 N–H and O–H groups in total. The molecule has 0 aromatic heterocycles. The van der Waals surface area contributed by atoms with Gasteiger partial charge < -0.3 is 5.73 Å². The van der Waals surface area contributed by atoms with Gasteiger partial charge in [0.15, 0.2) is 0 Å². The SMILES string of the molecule is CSc1cc(C2(N)CCCCC2)ccc1C. The fourth-order valence-electron chi connectivity index (χ4n) is 2.60. The van der Waals surface area contributed by atoms with E-state index in [1.807, 2.05) is 11.8 Å². The van der Waals surface area contributed by atoms with Crippen LogP contribution in [0.4, 0.5) is 0 Å². The zero-order valence-electron chi connectivity index (χ0n) is 10.3. The molecule has 2 heteroatoms. The van der Waals surface area contributed by atoms with Gasteiger partial charge in [-0.05, 0) is 43.2 Å². The molecule has 1 aliphatic rings. The molecule has 0 bridgehead atoms. The highest BCUT2D eigenvalue weighted by atomic mass is 32.2. The molecule has 0 saturated heterocycles. The smallest absolute Gasteiger partial charge is 0.0410 e. The molecule has 1 saturated carbocycles. The van der Waals surface area contributed by atoms with Crippen LogP contribution in [0.25, 0.3) is 0 Å². The van der Waals surface area contributed by atoms with E-state index in [1.54, 1.807) is 0 Å². The highest BCUT2D eigenvalue weighted by Gasteiger charge is 2.29. The molecule has 1 aliphatic carbocycles. The zero-order valence-corrected chi connectivity index (χ0v) is 11.1. The molecule has 0 radical (unpaired) electrons. The monoisotopic (exact) mass is 235 g/mol. The van der Waals surface area contributed by atoms with Gasteiger partial charge in [-0.3, -0.25) is 0 Å². The lowest BCUT2D eigenvalue weighted by atomic mass is 9.77. The van der Waals surface area contributed by atoms with Crippen LogP contribution in [0.5, 0.6) is 0 Å². The maximum Gasteiger partial charge on any atom is 0.0410 e. The minimum atomic E-state index is -0.0591. The summed E-state index contributed by atoms with van der Waals surface area (Å²) >= 11 is 1.82. The van der Waals surface area contributed by atoms with Gasteiger partial charge >= 0.3 is 0 Å². The molecule has 1 fully saturated rings. The van der Waals surface area contributed by atoms with Crippen LogP contribution in [-0.4, -0.2) is 6.26 Å². The molecule has 0 amide bonds. The molecular weight excluding hydrogens is 214 g/mol. The van der Waals surface area contributed by atoms with Gasteiger partial charge in [-0.25, -0.2) is 0 Å². The standard InChI is InChI=1S/C14H21NS/c1-11-6-7-12(10-13(11)16-2)14(15)8-4-3-5-9-14/h6-7,10H,3-5,8-9,15H2,1-2H3. The summed E-state index contributed by atoms with van der Waals surface area (Å²) in [7, 11) is 0. The van der Waals surface area contributed by atoms with Crippen molar-refractivity contribution in [2.45, 2.75) is 49.5 Å². The Kier molecular flexibility index (Phi) is 3.60. The van der Waals surface area contributed by atoms with Crippen molar-refractivity contribution in [3.63, 3.8) is 0 Å². The summed E-state index contributed by atoms with van der Waals surface area (Å²) in [5, 5.41) is 0. The highest BCUT2D eigenvalue weighted by molar-refractivity contribution is 7.98. The van der Waals surface area contributed by atoms with E-state index in [2.05, 4.69) is 31.4 Å². The second kappa shape index (κ2) is 4.80. The lowest BCUT2D eigenvalue weighted by Crippen LogP contribution is -2.38. The predicted octanol–water partition coefficient (Wildman–Crippen LogP) is 3.84. The molecule has 88 valence electrons. The van der Waals surface area contributed by atoms with Crippen LogP contribution >= 0.6 is 11.8 Å². The lowest BCUT2D eigenvalue weighted by Gasteiger charge is -2.34. The summed E-state index contributed by atoms with van der Waals surface area (Å²) in [5.74, 6) is 0. The van der Waals surface area contributed by atoms with Gasteiger partial charge in [0.05, 0.1) is 0 Å². The van der Waals surface area contributed by atoms with Crippen LogP contribution < -0.4 is 5.73 Å². The Labute approximate surface area is 103 Å². The van der Waals surface area contributed by atoms with E-state index in [0.717, 1.165) is 12.8 Å². The van der Waals surface area contributed by atoms with E-state index in [9.17, 15) is 0 Å². The van der Waals surface area contributed by atoms with Crippen LogP contribution in [0.2, 0.25) is 0 Å². The van der Waals surface area contributed by atoms with Crippen LogP contribution in [-0.2, 0) is 5.54 Å². The quantitative estimate of drug-likeness (QED) is 0.788. The number of benzene rings is 1. The number of nitrogens with two attached hydrogens (primary N) is 1. The average Bonchev–Trinajstić information content (AvgIpc) is 2.30. The summed E-state index contributed by atoms with van der Waals surface area (Å²) in [5.41, 5.74) is 9.18. The molecule has 0 aliphatic heterocycles. The first-order valence-electron chi connectivity index (χ1n) is 6.10. The number of aryl methyl sites for hydroxylation is 1. The van der Waals surface area contributed by atoms with Crippen LogP contribution in [0.15, 0.2) is 23.1 Å². The zero-order chi connectivity index (χ0) is 11.6. The first-order chi connectivity index (χ1) is 7.65. The third-order valence-corrected chi connectivity index (χ3v) is 4.61. The average molecular weight is 235 g/mol. The molecule has 16 heavy (non-hydrogen) atoms. The summed E-state index contributed by atoms with van der Waals surface area (Å²) in [4.78, 5) is 1.37. The van der Waals surface area contributed by atoms with Crippen molar-refractivity contribution in [2.75, 3.05) is 6.26 Å². The van der Waals surface area contributed by atoms with Crippen molar-refractivity contribution >= 4 is 11.8 Å². The van der Waals surface area contributed by atoms with Crippen molar-refractivity contribution in [3.8, 4) is 0 Å². The second-order valence-electron chi connectivity index (χ2n) is 4.90. The molecule has 1 aromatic rings. The first-order valence-corrected chi connectivity index (χ1v) is 7.32. The van der Waals surface area contributed by atoms with E-state index in [1.165, 1.54) is 35.3 Å². The van der Waals surface area contributed by atoms with Gasteiger partial charge in [0, 0.05) is 10.4 Å². The van der Waals surface area contributed by atoms with Gasteiger partial charge in [0.1, 0.15) is 0 Å². The molecule has 1 aromatic carbocycles. The maximum absolute atomic E-state index is 6.54. The Morgan fingerprint density at radius 1 is 1.19 bits per heavy atom. The summed E-state index contributed by atoms with van der Waals surface area (Å²) < 4.78 is 0. The van der Waals surface area contributed by atoms with Crippen LogP contribution in [0.1, 0.15) is 43.2 Å². The minimum Gasteiger partial charge on any atom is -0.321 e.